The van der Waals surface area contributed by atoms with E-state index in [2.05, 4.69) is 47.2 Å². The van der Waals surface area contributed by atoms with Crippen molar-refractivity contribution in [2.24, 2.45) is 5.92 Å². The van der Waals surface area contributed by atoms with E-state index in [9.17, 15) is 4.79 Å². The normalized spacial score (nSPS) is 15.8. The monoisotopic (exact) mass is 342 g/mol. The van der Waals surface area contributed by atoms with Gasteiger partial charge >= 0.3 is 0 Å². The van der Waals surface area contributed by atoms with Gasteiger partial charge < -0.3 is 15.2 Å². The van der Waals surface area contributed by atoms with Gasteiger partial charge in [-0.1, -0.05) is 12.1 Å². The summed E-state index contributed by atoms with van der Waals surface area (Å²) in [5.74, 6) is 1.93. The van der Waals surface area contributed by atoms with Crippen LogP contribution in [-0.2, 0) is 11.2 Å². The van der Waals surface area contributed by atoms with Gasteiger partial charge in [0.05, 0.1) is 11.0 Å². The number of nitrogens with zero attached hydrogens (tertiary/aromatic N) is 2. The molecule has 2 aromatic rings. The lowest BCUT2D eigenvalue weighted by Gasteiger charge is -2.22. The van der Waals surface area contributed by atoms with E-state index in [1.54, 1.807) is 0 Å². The Hall–Kier alpha value is -1.88. The Kier molecular flexibility index (Phi) is 6.08. The molecular formula is C20H30N4O. The number of hydrogen-bond donors (Lipinski definition) is 2. The molecule has 0 spiro atoms. The third-order valence-electron chi connectivity index (χ3n) is 5.09. The fourth-order valence-electron chi connectivity index (χ4n) is 3.75. The topological polar surface area (TPSA) is 59.0 Å². The lowest BCUT2D eigenvalue weighted by atomic mass is 9.93. The van der Waals surface area contributed by atoms with Crippen LogP contribution in [0, 0.1) is 5.92 Å². The number of rotatable bonds is 7. The van der Waals surface area contributed by atoms with Crippen LogP contribution in [0.2, 0.25) is 0 Å². The zero-order valence-electron chi connectivity index (χ0n) is 15.4. The lowest BCUT2D eigenvalue weighted by Crippen LogP contribution is -2.30. The molecule has 1 aromatic carbocycles. The molecule has 0 bridgehead atoms. The van der Waals surface area contributed by atoms with Gasteiger partial charge in [-0.15, -0.1) is 0 Å². The van der Waals surface area contributed by atoms with E-state index in [1.165, 1.54) is 18.4 Å². The van der Waals surface area contributed by atoms with E-state index in [4.69, 9.17) is 4.98 Å². The Balaban J connectivity index is 1.50. The van der Waals surface area contributed by atoms with E-state index in [0.717, 1.165) is 37.3 Å². The first-order valence-corrected chi connectivity index (χ1v) is 9.58. The maximum Gasteiger partial charge on any atom is 0.220 e. The number of carbonyl (C=O) groups is 1. The van der Waals surface area contributed by atoms with Gasteiger partial charge in [0, 0.05) is 25.4 Å². The summed E-state index contributed by atoms with van der Waals surface area (Å²) >= 11 is 0. The van der Waals surface area contributed by atoms with Crippen molar-refractivity contribution >= 4 is 16.9 Å². The molecule has 0 radical (unpaired) electrons. The Bertz CT molecular complexity index is 701. The molecule has 1 amide bonds. The van der Waals surface area contributed by atoms with Gasteiger partial charge in [0.2, 0.25) is 5.91 Å². The molecule has 1 aliphatic rings. The van der Waals surface area contributed by atoms with Gasteiger partial charge in [-0.3, -0.25) is 4.79 Å². The van der Waals surface area contributed by atoms with Crippen LogP contribution in [0.25, 0.3) is 11.0 Å². The molecule has 1 aromatic heterocycles. The molecule has 1 saturated heterocycles. The number of imidazole rings is 1. The average molecular weight is 342 g/mol. The number of carbonyl (C=O) groups excluding carboxylic acids is 1. The van der Waals surface area contributed by atoms with Gasteiger partial charge in [-0.25, -0.2) is 4.98 Å². The van der Waals surface area contributed by atoms with Crippen LogP contribution < -0.4 is 10.6 Å². The fraction of sp³-hybridized carbons (Fsp3) is 0.600. The quantitative estimate of drug-likeness (QED) is 0.813. The number of benzene rings is 1. The van der Waals surface area contributed by atoms with E-state index >= 15 is 0 Å². The van der Waals surface area contributed by atoms with Crippen molar-refractivity contribution in [3.63, 3.8) is 0 Å². The molecule has 5 nitrogen and oxygen atoms in total. The molecule has 0 aliphatic carbocycles. The largest absolute Gasteiger partial charge is 0.356 e. The van der Waals surface area contributed by atoms with E-state index < -0.39 is 0 Å². The van der Waals surface area contributed by atoms with Crippen molar-refractivity contribution in [2.75, 3.05) is 19.6 Å². The van der Waals surface area contributed by atoms with Crippen LogP contribution in [0.5, 0.6) is 0 Å². The van der Waals surface area contributed by atoms with Crippen LogP contribution in [0.4, 0.5) is 0 Å². The Morgan fingerprint density at radius 2 is 2.08 bits per heavy atom. The first kappa shape index (κ1) is 17.9. The molecule has 1 fully saturated rings. The third kappa shape index (κ3) is 4.60. The van der Waals surface area contributed by atoms with E-state index in [-0.39, 0.29) is 5.91 Å². The highest BCUT2D eigenvalue weighted by atomic mass is 16.1. The Labute approximate surface area is 150 Å². The molecule has 2 N–H and O–H groups in total. The minimum atomic E-state index is 0.172. The molecule has 0 saturated carbocycles. The highest BCUT2D eigenvalue weighted by Gasteiger charge is 2.15. The molecule has 136 valence electrons. The SMILES string of the molecule is CC(C)n1c(CCNC(=O)CCC2CCNCC2)nc2ccccc21. The second-order valence-corrected chi connectivity index (χ2v) is 7.31. The lowest BCUT2D eigenvalue weighted by molar-refractivity contribution is -0.121. The summed E-state index contributed by atoms with van der Waals surface area (Å²) in [5.41, 5.74) is 2.20. The van der Waals surface area contributed by atoms with Crippen LogP contribution in [0.3, 0.4) is 0 Å². The summed E-state index contributed by atoms with van der Waals surface area (Å²) in [7, 11) is 0. The van der Waals surface area contributed by atoms with Gasteiger partial charge in [0.25, 0.3) is 0 Å². The van der Waals surface area contributed by atoms with Crippen LogP contribution >= 0.6 is 0 Å². The maximum atomic E-state index is 12.1. The number of amides is 1. The highest BCUT2D eigenvalue weighted by molar-refractivity contribution is 5.76. The van der Waals surface area contributed by atoms with E-state index in [0.29, 0.717) is 24.9 Å². The molecule has 3 rings (SSSR count). The van der Waals surface area contributed by atoms with Crippen molar-refractivity contribution in [3.05, 3.63) is 30.1 Å². The molecule has 0 atom stereocenters. The smallest absolute Gasteiger partial charge is 0.220 e. The number of para-hydroxylation sites is 2. The summed E-state index contributed by atoms with van der Waals surface area (Å²) in [6.45, 7) is 7.20. The number of nitrogens with one attached hydrogen (secondary N) is 2. The molecular weight excluding hydrogens is 312 g/mol. The van der Waals surface area contributed by atoms with Crippen molar-refractivity contribution in [1.82, 2.24) is 20.2 Å². The first-order valence-electron chi connectivity index (χ1n) is 9.58. The average Bonchev–Trinajstić information content (AvgIpc) is 2.99. The van der Waals surface area contributed by atoms with Crippen molar-refractivity contribution in [3.8, 4) is 0 Å². The van der Waals surface area contributed by atoms with E-state index in [1.807, 2.05) is 6.07 Å². The number of hydrogen-bond acceptors (Lipinski definition) is 3. The number of aromatic nitrogens is 2. The van der Waals surface area contributed by atoms with Crippen LogP contribution in [-0.4, -0.2) is 35.1 Å². The second-order valence-electron chi connectivity index (χ2n) is 7.31. The number of fused-ring (bicyclic) bond motifs is 1. The molecule has 25 heavy (non-hydrogen) atoms. The molecule has 2 heterocycles. The zero-order chi connectivity index (χ0) is 17.6. The van der Waals surface area contributed by atoms with Gasteiger partial charge in [-0.05, 0) is 64.3 Å². The Morgan fingerprint density at radius 3 is 2.84 bits per heavy atom. The van der Waals surface area contributed by atoms with Gasteiger partial charge in [0.15, 0.2) is 0 Å². The second kappa shape index (κ2) is 8.48. The van der Waals surface area contributed by atoms with Gasteiger partial charge in [-0.2, -0.15) is 0 Å². The molecule has 1 aliphatic heterocycles. The summed E-state index contributed by atoms with van der Waals surface area (Å²) in [5, 5.41) is 6.44. The van der Waals surface area contributed by atoms with Crippen LogP contribution in [0.1, 0.15) is 51.4 Å². The zero-order valence-corrected chi connectivity index (χ0v) is 15.4. The minimum Gasteiger partial charge on any atom is -0.356 e. The minimum absolute atomic E-state index is 0.172. The van der Waals surface area contributed by atoms with Crippen molar-refractivity contribution < 1.29 is 4.79 Å². The van der Waals surface area contributed by atoms with Gasteiger partial charge in [0.1, 0.15) is 5.82 Å². The Morgan fingerprint density at radius 1 is 1.32 bits per heavy atom. The van der Waals surface area contributed by atoms with Crippen molar-refractivity contribution in [1.29, 1.82) is 0 Å². The molecule has 5 heteroatoms. The summed E-state index contributed by atoms with van der Waals surface area (Å²) in [6.07, 6.45) is 4.83. The predicted octanol–water partition coefficient (Wildman–Crippen LogP) is 3.06. The molecule has 0 unspecified atom stereocenters. The summed E-state index contributed by atoms with van der Waals surface area (Å²) < 4.78 is 2.27. The first-order chi connectivity index (χ1) is 12.1. The third-order valence-corrected chi connectivity index (χ3v) is 5.09. The number of piperidine rings is 1. The predicted molar refractivity (Wildman–Crippen MR) is 102 cm³/mol. The summed E-state index contributed by atoms with van der Waals surface area (Å²) in [4.78, 5) is 16.9. The highest BCUT2D eigenvalue weighted by Crippen LogP contribution is 2.21. The van der Waals surface area contributed by atoms with Crippen LogP contribution in [0.15, 0.2) is 24.3 Å². The maximum absolute atomic E-state index is 12.1. The van der Waals surface area contributed by atoms with Crippen molar-refractivity contribution in [2.45, 2.75) is 52.0 Å². The summed E-state index contributed by atoms with van der Waals surface area (Å²) in [6, 6.07) is 8.60. The standard InChI is InChI=1S/C20H30N4O/c1-15(2)24-18-6-4-3-5-17(18)23-19(24)11-14-22-20(25)8-7-16-9-12-21-13-10-16/h3-6,15-16,21H,7-14H2,1-2H3,(H,22,25). The fourth-order valence-corrected chi connectivity index (χ4v) is 3.75.